The van der Waals surface area contributed by atoms with Crippen LogP contribution in [0.5, 0.6) is 0 Å². The zero-order chi connectivity index (χ0) is 10.3. The molecule has 0 amide bonds. The van der Waals surface area contributed by atoms with Gasteiger partial charge in [0, 0.05) is 18.3 Å². The highest BCUT2D eigenvalue weighted by atomic mass is 16.3. The molecule has 2 bridgehead atoms. The van der Waals surface area contributed by atoms with Crippen molar-refractivity contribution in [2.24, 2.45) is 5.92 Å². The van der Waals surface area contributed by atoms with Gasteiger partial charge in [0.15, 0.2) is 0 Å². The van der Waals surface area contributed by atoms with Gasteiger partial charge in [-0.15, -0.1) is 0 Å². The van der Waals surface area contributed by atoms with Crippen LogP contribution < -0.4 is 0 Å². The molecule has 1 N–H and O–H groups in total. The Balaban J connectivity index is 1.81. The summed E-state index contributed by atoms with van der Waals surface area (Å²) in [7, 11) is 0. The highest BCUT2D eigenvalue weighted by Crippen LogP contribution is 2.35. The Morgan fingerprint density at radius 1 is 1.40 bits per heavy atom. The topological polar surface area (TPSA) is 41.3 Å². The summed E-state index contributed by atoms with van der Waals surface area (Å²) < 4.78 is 2.06. The van der Waals surface area contributed by atoms with E-state index in [1.54, 1.807) is 6.20 Å². The molecule has 1 unspecified atom stereocenters. The molecule has 15 heavy (non-hydrogen) atoms. The molecule has 4 heteroatoms. The molecule has 4 heterocycles. The maximum Gasteiger partial charge on any atom is 0.0712 e. The van der Waals surface area contributed by atoms with Crippen LogP contribution >= 0.6 is 0 Å². The first kappa shape index (κ1) is 9.36. The van der Waals surface area contributed by atoms with Gasteiger partial charge < -0.3 is 10.0 Å². The van der Waals surface area contributed by atoms with Gasteiger partial charge in [0.1, 0.15) is 0 Å². The Morgan fingerprint density at radius 3 is 2.73 bits per heavy atom. The second kappa shape index (κ2) is 3.61. The summed E-state index contributed by atoms with van der Waals surface area (Å²) in [5.74, 6) is 0.793. The van der Waals surface area contributed by atoms with E-state index >= 15 is 0 Å². The van der Waals surface area contributed by atoms with Gasteiger partial charge in [-0.3, -0.25) is 4.68 Å². The van der Waals surface area contributed by atoms with E-state index in [9.17, 15) is 0 Å². The Morgan fingerprint density at radius 2 is 2.20 bits per heavy atom. The Bertz CT molecular complexity index is 341. The van der Waals surface area contributed by atoms with Crippen LogP contribution in [0.1, 0.15) is 24.4 Å². The predicted molar refractivity (Wildman–Crippen MR) is 56.4 cm³/mol. The van der Waals surface area contributed by atoms with Gasteiger partial charge >= 0.3 is 0 Å². The van der Waals surface area contributed by atoms with Gasteiger partial charge in [0.2, 0.25) is 0 Å². The van der Waals surface area contributed by atoms with Crippen LogP contribution in [0.2, 0.25) is 0 Å². The number of nitrogens with zero attached hydrogens (tertiary/aromatic N) is 3. The minimum atomic E-state index is 0.0983. The molecular formula is C11H17N3O. The SMILES string of the molecule is OCc1cnn(C2CN3CCC2CC3)c1. The van der Waals surface area contributed by atoms with Crippen LogP contribution in [-0.2, 0) is 6.61 Å². The van der Waals surface area contributed by atoms with Crippen molar-refractivity contribution in [2.75, 3.05) is 19.6 Å². The van der Waals surface area contributed by atoms with Gasteiger partial charge in [0.05, 0.1) is 18.8 Å². The van der Waals surface area contributed by atoms with Crippen LogP contribution in [0.25, 0.3) is 0 Å². The first-order chi connectivity index (χ1) is 7.36. The van der Waals surface area contributed by atoms with Crippen molar-refractivity contribution in [3.8, 4) is 0 Å². The summed E-state index contributed by atoms with van der Waals surface area (Å²) in [6, 6.07) is 0.535. The molecular weight excluding hydrogens is 190 g/mol. The molecule has 3 saturated heterocycles. The van der Waals surface area contributed by atoms with Gasteiger partial charge in [-0.2, -0.15) is 5.10 Å². The van der Waals surface area contributed by atoms with Crippen LogP contribution in [0, 0.1) is 5.92 Å². The average molecular weight is 207 g/mol. The Kier molecular flexibility index (Phi) is 2.25. The van der Waals surface area contributed by atoms with E-state index in [1.165, 1.54) is 25.9 Å². The molecule has 0 aromatic carbocycles. The van der Waals surface area contributed by atoms with E-state index in [1.807, 2.05) is 6.20 Å². The third-order valence-electron chi connectivity index (χ3n) is 3.80. The van der Waals surface area contributed by atoms with Gasteiger partial charge in [0.25, 0.3) is 0 Å². The number of fused-ring (bicyclic) bond motifs is 3. The van der Waals surface area contributed by atoms with Crippen LogP contribution in [0.4, 0.5) is 0 Å². The van der Waals surface area contributed by atoms with E-state index in [4.69, 9.17) is 5.11 Å². The van der Waals surface area contributed by atoms with Crippen molar-refractivity contribution < 1.29 is 5.11 Å². The summed E-state index contributed by atoms with van der Waals surface area (Å²) in [6.07, 6.45) is 6.38. The number of aliphatic hydroxyl groups is 1. The Hall–Kier alpha value is -0.870. The van der Waals surface area contributed by atoms with Crippen LogP contribution in [0.15, 0.2) is 12.4 Å². The molecule has 4 rings (SSSR count). The van der Waals surface area contributed by atoms with E-state index < -0.39 is 0 Å². The minimum absolute atomic E-state index is 0.0983. The van der Waals surface area contributed by atoms with Crippen molar-refractivity contribution in [1.82, 2.24) is 14.7 Å². The van der Waals surface area contributed by atoms with Crippen molar-refractivity contribution in [1.29, 1.82) is 0 Å². The monoisotopic (exact) mass is 207 g/mol. The number of hydrogen-bond acceptors (Lipinski definition) is 3. The summed E-state index contributed by atoms with van der Waals surface area (Å²) >= 11 is 0. The van der Waals surface area contributed by atoms with Crippen molar-refractivity contribution in [3.05, 3.63) is 18.0 Å². The lowest BCUT2D eigenvalue weighted by molar-refractivity contribution is 0.0512. The van der Waals surface area contributed by atoms with Crippen LogP contribution in [-0.4, -0.2) is 39.4 Å². The quantitative estimate of drug-likeness (QED) is 0.774. The van der Waals surface area contributed by atoms with E-state index in [-0.39, 0.29) is 6.61 Å². The molecule has 1 aromatic heterocycles. The van der Waals surface area contributed by atoms with E-state index in [0.717, 1.165) is 18.0 Å². The molecule has 3 fully saturated rings. The number of piperidine rings is 3. The molecule has 0 radical (unpaired) electrons. The van der Waals surface area contributed by atoms with Crippen molar-refractivity contribution >= 4 is 0 Å². The molecule has 0 aliphatic carbocycles. The fraction of sp³-hybridized carbons (Fsp3) is 0.727. The summed E-state index contributed by atoms with van der Waals surface area (Å²) in [4.78, 5) is 2.52. The van der Waals surface area contributed by atoms with Gasteiger partial charge in [-0.05, 0) is 31.8 Å². The fourth-order valence-corrected chi connectivity index (χ4v) is 2.87. The number of hydrogen-bond donors (Lipinski definition) is 1. The second-order valence-electron chi connectivity index (χ2n) is 4.69. The van der Waals surface area contributed by atoms with E-state index in [0.29, 0.717) is 6.04 Å². The maximum atomic E-state index is 9.02. The first-order valence-corrected chi connectivity index (χ1v) is 5.73. The Labute approximate surface area is 89.5 Å². The smallest absolute Gasteiger partial charge is 0.0712 e. The number of rotatable bonds is 2. The highest BCUT2D eigenvalue weighted by molar-refractivity contribution is 5.04. The summed E-state index contributed by atoms with van der Waals surface area (Å²) in [5, 5.41) is 13.4. The van der Waals surface area contributed by atoms with E-state index in [2.05, 4.69) is 14.7 Å². The fourth-order valence-electron chi connectivity index (χ4n) is 2.87. The molecule has 0 saturated carbocycles. The standard InChI is InChI=1S/C11H17N3O/c15-8-9-5-12-14(6-9)11-7-13-3-1-10(11)2-4-13/h5-6,10-11,15H,1-4,7-8H2. The average Bonchev–Trinajstić information content (AvgIpc) is 2.79. The lowest BCUT2D eigenvalue weighted by atomic mass is 9.84. The molecule has 4 nitrogen and oxygen atoms in total. The molecule has 1 aromatic rings. The highest BCUT2D eigenvalue weighted by Gasteiger charge is 2.35. The number of aliphatic hydroxyl groups excluding tert-OH is 1. The normalized spacial score (nSPS) is 34.6. The third-order valence-corrected chi connectivity index (χ3v) is 3.80. The lowest BCUT2D eigenvalue weighted by Crippen LogP contribution is -2.48. The van der Waals surface area contributed by atoms with Crippen molar-refractivity contribution in [2.45, 2.75) is 25.5 Å². The molecule has 0 spiro atoms. The maximum absolute atomic E-state index is 9.02. The predicted octanol–water partition coefficient (Wildman–Crippen LogP) is 0.642. The summed E-state index contributed by atoms with van der Waals surface area (Å²) in [5.41, 5.74) is 0.923. The lowest BCUT2D eigenvalue weighted by Gasteiger charge is -2.44. The molecule has 1 atom stereocenters. The number of aromatic nitrogens is 2. The first-order valence-electron chi connectivity index (χ1n) is 5.73. The molecule has 3 aliphatic heterocycles. The zero-order valence-electron chi connectivity index (χ0n) is 8.84. The second-order valence-corrected chi connectivity index (χ2v) is 4.69. The van der Waals surface area contributed by atoms with Gasteiger partial charge in [-0.25, -0.2) is 0 Å². The molecule has 82 valence electrons. The zero-order valence-corrected chi connectivity index (χ0v) is 8.84. The minimum Gasteiger partial charge on any atom is -0.392 e. The summed E-state index contributed by atoms with van der Waals surface area (Å²) in [6.45, 7) is 3.75. The third kappa shape index (κ3) is 1.58. The largest absolute Gasteiger partial charge is 0.392 e. The van der Waals surface area contributed by atoms with Gasteiger partial charge in [-0.1, -0.05) is 0 Å². The molecule has 3 aliphatic rings. The van der Waals surface area contributed by atoms with Crippen LogP contribution in [0.3, 0.4) is 0 Å². The van der Waals surface area contributed by atoms with Crippen molar-refractivity contribution in [3.63, 3.8) is 0 Å².